The third kappa shape index (κ3) is 5.10. The zero-order valence-corrected chi connectivity index (χ0v) is 17.1. The van der Waals surface area contributed by atoms with E-state index in [4.69, 9.17) is 14.7 Å². The molecule has 1 heterocycles. The average molecular weight is 390 g/mol. The van der Waals surface area contributed by atoms with E-state index in [1.54, 1.807) is 19.1 Å². The van der Waals surface area contributed by atoms with Crippen molar-refractivity contribution in [3.05, 3.63) is 66.2 Å². The van der Waals surface area contributed by atoms with Crippen LogP contribution in [0.25, 0.3) is 11.4 Å². The quantitative estimate of drug-likeness (QED) is 0.551. The highest BCUT2D eigenvalue weighted by atomic mass is 16.5. The van der Waals surface area contributed by atoms with Gasteiger partial charge in [-0.15, -0.1) is 0 Å². The number of nitrogens with one attached hydrogen (secondary N) is 1. The van der Waals surface area contributed by atoms with E-state index in [0.29, 0.717) is 23.8 Å². The second-order valence-electron chi connectivity index (χ2n) is 6.40. The summed E-state index contributed by atoms with van der Waals surface area (Å²) in [6, 6.07) is 19.0. The third-order valence-corrected chi connectivity index (χ3v) is 4.50. The van der Waals surface area contributed by atoms with Crippen molar-refractivity contribution in [2.24, 2.45) is 0 Å². The van der Waals surface area contributed by atoms with Crippen LogP contribution in [0.1, 0.15) is 31.1 Å². The van der Waals surface area contributed by atoms with Crippen molar-refractivity contribution in [2.45, 2.75) is 20.8 Å². The van der Waals surface area contributed by atoms with Crippen molar-refractivity contribution in [1.29, 1.82) is 0 Å². The van der Waals surface area contributed by atoms with Gasteiger partial charge in [0.2, 0.25) is 0 Å². The van der Waals surface area contributed by atoms with Crippen LogP contribution in [0.5, 0.6) is 0 Å². The largest absolute Gasteiger partial charge is 0.462 e. The molecule has 150 valence electrons. The van der Waals surface area contributed by atoms with Crippen LogP contribution in [-0.4, -0.2) is 35.6 Å². The fraction of sp³-hybridized carbons (Fsp3) is 0.261. The molecular weight excluding hydrogens is 364 g/mol. The number of benzene rings is 2. The van der Waals surface area contributed by atoms with Gasteiger partial charge in [0, 0.05) is 30.4 Å². The summed E-state index contributed by atoms with van der Waals surface area (Å²) in [5.74, 6) is 1.91. The van der Waals surface area contributed by atoms with E-state index >= 15 is 0 Å². The first kappa shape index (κ1) is 20.3. The van der Waals surface area contributed by atoms with E-state index in [0.717, 1.165) is 30.2 Å². The molecule has 0 aliphatic rings. The molecule has 0 atom stereocenters. The van der Waals surface area contributed by atoms with Crippen molar-refractivity contribution in [1.82, 2.24) is 9.97 Å². The number of hydrogen-bond donors (Lipinski definition) is 1. The molecule has 0 aliphatic carbocycles. The number of carbonyl (C=O) groups excluding carboxylic acids is 1. The maximum atomic E-state index is 11.8. The molecule has 0 saturated heterocycles. The molecule has 0 saturated carbocycles. The molecule has 6 heteroatoms. The van der Waals surface area contributed by atoms with Gasteiger partial charge in [0.15, 0.2) is 5.82 Å². The normalized spacial score (nSPS) is 10.4. The summed E-state index contributed by atoms with van der Waals surface area (Å²) < 4.78 is 5.03. The minimum atomic E-state index is -0.323. The van der Waals surface area contributed by atoms with E-state index < -0.39 is 0 Å². The molecule has 0 unspecified atom stereocenters. The Morgan fingerprint density at radius 2 is 1.66 bits per heavy atom. The molecule has 29 heavy (non-hydrogen) atoms. The lowest BCUT2D eigenvalue weighted by atomic mass is 10.2. The van der Waals surface area contributed by atoms with E-state index in [1.165, 1.54) is 0 Å². The number of rotatable bonds is 8. The molecule has 0 amide bonds. The van der Waals surface area contributed by atoms with Crippen molar-refractivity contribution < 1.29 is 9.53 Å². The molecule has 1 aromatic heterocycles. The molecule has 1 N–H and O–H groups in total. The molecule has 0 spiro atoms. The van der Waals surface area contributed by atoms with Crippen LogP contribution in [0.15, 0.2) is 60.7 Å². The smallest absolute Gasteiger partial charge is 0.338 e. The summed E-state index contributed by atoms with van der Waals surface area (Å²) >= 11 is 0. The first-order valence-corrected chi connectivity index (χ1v) is 9.88. The van der Waals surface area contributed by atoms with E-state index in [9.17, 15) is 4.79 Å². The van der Waals surface area contributed by atoms with Crippen LogP contribution in [0, 0.1) is 0 Å². The third-order valence-electron chi connectivity index (χ3n) is 4.50. The van der Waals surface area contributed by atoms with E-state index in [-0.39, 0.29) is 5.97 Å². The number of carbonyl (C=O) groups is 1. The Labute approximate surface area is 171 Å². The highest BCUT2D eigenvalue weighted by molar-refractivity contribution is 5.89. The number of hydrogen-bond acceptors (Lipinski definition) is 6. The molecule has 2 aromatic carbocycles. The van der Waals surface area contributed by atoms with Gasteiger partial charge in [-0.2, -0.15) is 0 Å². The second kappa shape index (κ2) is 9.68. The molecule has 6 nitrogen and oxygen atoms in total. The van der Waals surface area contributed by atoms with E-state index in [1.807, 2.05) is 48.5 Å². The highest BCUT2D eigenvalue weighted by Crippen LogP contribution is 2.25. The zero-order valence-electron chi connectivity index (χ0n) is 17.1. The summed E-state index contributed by atoms with van der Waals surface area (Å²) in [7, 11) is 0. The SMILES string of the molecule is CCOC(=O)c1ccc(Nc2cc(N(CC)CC)nc(-c3ccccc3)n2)cc1. The van der Waals surface area contributed by atoms with Gasteiger partial charge in [0.05, 0.1) is 12.2 Å². The predicted molar refractivity (Wildman–Crippen MR) is 117 cm³/mol. The minimum absolute atomic E-state index is 0.323. The van der Waals surface area contributed by atoms with Gasteiger partial charge in [-0.1, -0.05) is 30.3 Å². The summed E-state index contributed by atoms with van der Waals surface area (Å²) in [4.78, 5) is 23.5. The number of anilines is 3. The lowest BCUT2D eigenvalue weighted by molar-refractivity contribution is 0.0526. The number of ether oxygens (including phenoxy) is 1. The van der Waals surface area contributed by atoms with Gasteiger partial charge in [0.1, 0.15) is 11.6 Å². The second-order valence-corrected chi connectivity index (χ2v) is 6.40. The molecular formula is C23H26N4O2. The maximum absolute atomic E-state index is 11.8. The molecule has 0 radical (unpaired) electrons. The minimum Gasteiger partial charge on any atom is -0.462 e. The van der Waals surface area contributed by atoms with Gasteiger partial charge < -0.3 is 15.0 Å². The number of nitrogens with zero attached hydrogens (tertiary/aromatic N) is 3. The Morgan fingerprint density at radius 1 is 0.966 bits per heavy atom. The Kier molecular flexibility index (Phi) is 6.79. The number of aromatic nitrogens is 2. The zero-order chi connectivity index (χ0) is 20.6. The topological polar surface area (TPSA) is 67.3 Å². The van der Waals surface area contributed by atoms with Crippen molar-refractivity contribution in [2.75, 3.05) is 29.9 Å². The van der Waals surface area contributed by atoms with Crippen LogP contribution in [0.2, 0.25) is 0 Å². The average Bonchev–Trinajstić information content (AvgIpc) is 2.76. The van der Waals surface area contributed by atoms with Gasteiger partial charge in [-0.25, -0.2) is 14.8 Å². The van der Waals surface area contributed by atoms with Crippen LogP contribution >= 0.6 is 0 Å². The first-order valence-electron chi connectivity index (χ1n) is 9.88. The fourth-order valence-corrected chi connectivity index (χ4v) is 2.98. The lowest BCUT2D eigenvalue weighted by Gasteiger charge is -2.21. The highest BCUT2D eigenvalue weighted by Gasteiger charge is 2.12. The Morgan fingerprint density at radius 3 is 2.28 bits per heavy atom. The van der Waals surface area contributed by atoms with Crippen molar-refractivity contribution in [3.8, 4) is 11.4 Å². The monoisotopic (exact) mass is 390 g/mol. The molecule has 0 fully saturated rings. The molecule has 0 bridgehead atoms. The Balaban J connectivity index is 1.91. The van der Waals surface area contributed by atoms with Crippen LogP contribution in [0.3, 0.4) is 0 Å². The van der Waals surface area contributed by atoms with Gasteiger partial charge in [-0.3, -0.25) is 0 Å². The van der Waals surface area contributed by atoms with Crippen LogP contribution in [0.4, 0.5) is 17.3 Å². The van der Waals surface area contributed by atoms with Crippen LogP contribution in [-0.2, 0) is 4.74 Å². The summed E-state index contributed by atoms with van der Waals surface area (Å²) in [6.07, 6.45) is 0. The molecule has 0 aliphatic heterocycles. The van der Waals surface area contributed by atoms with Gasteiger partial charge in [0.25, 0.3) is 0 Å². The fourth-order valence-electron chi connectivity index (χ4n) is 2.98. The maximum Gasteiger partial charge on any atom is 0.338 e. The molecule has 3 aromatic rings. The Hall–Kier alpha value is -3.41. The van der Waals surface area contributed by atoms with Gasteiger partial charge in [-0.05, 0) is 45.0 Å². The van der Waals surface area contributed by atoms with Crippen LogP contribution < -0.4 is 10.2 Å². The van der Waals surface area contributed by atoms with E-state index in [2.05, 4.69) is 24.1 Å². The van der Waals surface area contributed by atoms with Crippen molar-refractivity contribution in [3.63, 3.8) is 0 Å². The predicted octanol–water partition coefficient (Wildman–Crippen LogP) is 4.91. The standard InChI is InChI=1S/C23H26N4O2/c1-4-27(5-2)21-16-20(25-22(26-21)17-10-8-7-9-11-17)24-19-14-12-18(13-15-19)23(28)29-6-3/h7-16H,4-6H2,1-3H3,(H,24,25,26). The summed E-state index contributed by atoms with van der Waals surface area (Å²) in [6.45, 7) is 8.08. The first-order chi connectivity index (χ1) is 14.1. The Bertz CT molecular complexity index is 939. The number of esters is 1. The lowest BCUT2D eigenvalue weighted by Crippen LogP contribution is -2.23. The summed E-state index contributed by atoms with van der Waals surface area (Å²) in [5, 5.41) is 3.33. The van der Waals surface area contributed by atoms with Gasteiger partial charge >= 0.3 is 5.97 Å². The molecule has 3 rings (SSSR count). The summed E-state index contributed by atoms with van der Waals surface area (Å²) in [5.41, 5.74) is 2.32. The van der Waals surface area contributed by atoms with Crippen molar-refractivity contribution >= 4 is 23.3 Å².